The second-order valence-corrected chi connectivity index (χ2v) is 4.83. The Kier molecular flexibility index (Phi) is 4.38. The minimum atomic E-state index is 0.200. The maximum Gasteiger partial charge on any atom is 0.293 e. The van der Waals surface area contributed by atoms with Gasteiger partial charge in [-0.25, -0.2) is 0 Å². The maximum atomic E-state index is 9.58. The molecule has 0 bridgehead atoms. The van der Waals surface area contributed by atoms with E-state index in [4.69, 9.17) is 0 Å². The van der Waals surface area contributed by atoms with Gasteiger partial charge in [0.05, 0.1) is 0 Å². The highest BCUT2D eigenvalue weighted by Crippen LogP contribution is 2.22. The van der Waals surface area contributed by atoms with Crippen LogP contribution in [-0.4, -0.2) is 48.7 Å². The van der Waals surface area contributed by atoms with Gasteiger partial charge in [-0.05, 0) is 46.0 Å². The van der Waals surface area contributed by atoms with Crippen molar-refractivity contribution >= 4 is 11.8 Å². The van der Waals surface area contributed by atoms with Crippen LogP contribution in [0, 0.1) is 0 Å². The first-order valence-corrected chi connectivity index (χ1v) is 5.60. The zero-order chi connectivity index (χ0) is 11.4. The standard InChI is InChI=1S/C10H18N3OS/c1-11(2)10(12(3)4)15-9-7-5-6-8-13(9)14/h5-8,10,14H,1-4H3/q+1. The molecule has 1 N–H and O–H groups in total. The van der Waals surface area contributed by atoms with E-state index in [-0.39, 0.29) is 5.50 Å². The smallest absolute Gasteiger partial charge is 0.285 e. The number of hydrogen-bond acceptors (Lipinski definition) is 4. The van der Waals surface area contributed by atoms with Crippen LogP contribution < -0.4 is 4.73 Å². The second kappa shape index (κ2) is 5.34. The van der Waals surface area contributed by atoms with Gasteiger partial charge >= 0.3 is 0 Å². The quantitative estimate of drug-likeness (QED) is 0.356. The highest BCUT2D eigenvalue weighted by Gasteiger charge is 2.21. The van der Waals surface area contributed by atoms with Crippen molar-refractivity contribution < 1.29 is 9.94 Å². The topological polar surface area (TPSA) is 30.6 Å². The fourth-order valence-corrected chi connectivity index (χ4v) is 2.26. The van der Waals surface area contributed by atoms with Crippen LogP contribution in [0.1, 0.15) is 0 Å². The number of aromatic nitrogens is 1. The summed E-state index contributed by atoms with van der Waals surface area (Å²) < 4.78 is 1.14. The molecule has 0 fully saturated rings. The Balaban J connectivity index is 2.79. The van der Waals surface area contributed by atoms with Gasteiger partial charge < -0.3 is 0 Å². The molecule has 1 heterocycles. The Hall–Kier alpha value is -0.780. The molecule has 15 heavy (non-hydrogen) atoms. The van der Waals surface area contributed by atoms with Crippen LogP contribution in [0.25, 0.3) is 0 Å². The average Bonchev–Trinajstić information content (AvgIpc) is 2.15. The van der Waals surface area contributed by atoms with Gasteiger partial charge in [-0.3, -0.25) is 15.0 Å². The molecular weight excluding hydrogens is 210 g/mol. The molecule has 0 unspecified atom stereocenters. The number of nitrogens with zero attached hydrogens (tertiary/aromatic N) is 3. The van der Waals surface area contributed by atoms with Crippen LogP contribution in [0.5, 0.6) is 0 Å². The molecule has 1 rings (SSSR count). The number of thioether (sulfide) groups is 1. The van der Waals surface area contributed by atoms with Crippen LogP contribution in [0.2, 0.25) is 0 Å². The van der Waals surface area contributed by atoms with Crippen molar-refractivity contribution in [1.82, 2.24) is 9.80 Å². The van der Waals surface area contributed by atoms with Crippen molar-refractivity contribution in [3.05, 3.63) is 24.4 Å². The lowest BCUT2D eigenvalue weighted by molar-refractivity contribution is -0.932. The highest BCUT2D eigenvalue weighted by molar-refractivity contribution is 7.99. The predicted molar refractivity (Wildman–Crippen MR) is 60.8 cm³/mol. The first-order valence-electron chi connectivity index (χ1n) is 4.72. The predicted octanol–water partition coefficient (Wildman–Crippen LogP) is 0.710. The lowest BCUT2D eigenvalue weighted by Crippen LogP contribution is -2.40. The molecule has 0 amide bonds. The number of pyridine rings is 1. The summed E-state index contributed by atoms with van der Waals surface area (Å²) >= 11 is 1.60. The summed E-state index contributed by atoms with van der Waals surface area (Å²) in [5, 5.41) is 10.4. The van der Waals surface area contributed by atoms with Crippen molar-refractivity contribution in [2.45, 2.75) is 10.5 Å². The first kappa shape index (κ1) is 12.3. The lowest BCUT2D eigenvalue weighted by Gasteiger charge is -2.28. The summed E-state index contributed by atoms with van der Waals surface area (Å²) in [7, 11) is 8.06. The van der Waals surface area contributed by atoms with E-state index >= 15 is 0 Å². The molecule has 4 nitrogen and oxygen atoms in total. The van der Waals surface area contributed by atoms with Gasteiger partial charge in [0, 0.05) is 16.9 Å². The van der Waals surface area contributed by atoms with Crippen molar-refractivity contribution in [2.75, 3.05) is 28.2 Å². The molecule has 0 atom stereocenters. The molecule has 0 aliphatic rings. The van der Waals surface area contributed by atoms with Gasteiger partial charge in [-0.15, -0.1) is 0 Å². The molecule has 0 radical (unpaired) electrons. The van der Waals surface area contributed by atoms with E-state index < -0.39 is 0 Å². The highest BCUT2D eigenvalue weighted by atomic mass is 32.2. The van der Waals surface area contributed by atoms with Gasteiger partial charge in [0.2, 0.25) is 6.20 Å². The van der Waals surface area contributed by atoms with Gasteiger partial charge in [0.25, 0.3) is 5.03 Å². The zero-order valence-corrected chi connectivity index (χ0v) is 10.4. The Morgan fingerprint density at radius 1 is 1.20 bits per heavy atom. The molecule has 0 aliphatic heterocycles. The van der Waals surface area contributed by atoms with Crippen LogP contribution in [0.3, 0.4) is 0 Å². The molecule has 0 aromatic carbocycles. The second-order valence-electron chi connectivity index (χ2n) is 3.75. The maximum absolute atomic E-state index is 9.58. The van der Waals surface area contributed by atoms with E-state index in [0.29, 0.717) is 0 Å². The zero-order valence-electron chi connectivity index (χ0n) is 9.58. The van der Waals surface area contributed by atoms with Gasteiger partial charge in [0.15, 0.2) is 0 Å². The Labute approximate surface area is 95.1 Å². The third kappa shape index (κ3) is 3.37. The molecule has 1 aromatic rings. The lowest BCUT2D eigenvalue weighted by atomic mass is 10.5. The molecule has 5 heteroatoms. The third-order valence-corrected chi connectivity index (χ3v) is 3.53. The summed E-state index contributed by atoms with van der Waals surface area (Å²) in [6.45, 7) is 0. The van der Waals surface area contributed by atoms with Crippen molar-refractivity contribution in [3.8, 4) is 0 Å². The summed E-state index contributed by atoms with van der Waals surface area (Å²) in [4.78, 5) is 4.19. The van der Waals surface area contributed by atoms with Gasteiger partial charge in [0.1, 0.15) is 5.50 Å². The minimum absolute atomic E-state index is 0.200. The molecule has 1 aromatic heterocycles. The Bertz CT molecular complexity index is 309. The van der Waals surface area contributed by atoms with Crippen LogP contribution in [-0.2, 0) is 0 Å². The Morgan fingerprint density at radius 2 is 1.80 bits per heavy atom. The van der Waals surface area contributed by atoms with Crippen molar-refractivity contribution in [3.63, 3.8) is 0 Å². The molecular formula is C10H18N3OS+. The van der Waals surface area contributed by atoms with E-state index in [1.54, 1.807) is 24.0 Å². The van der Waals surface area contributed by atoms with E-state index in [1.165, 1.54) is 0 Å². The molecule has 0 saturated carbocycles. The van der Waals surface area contributed by atoms with Gasteiger partial charge in [-0.2, -0.15) is 0 Å². The number of rotatable bonds is 4. The van der Waals surface area contributed by atoms with E-state index in [9.17, 15) is 5.21 Å². The fraction of sp³-hybridized carbons (Fsp3) is 0.500. The monoisotopic (exact) mass is 228 g/mol. The molecule has 0 aliphatic carbocycles. The van der Waals surface area contributed by atoms with E-state index in [2.05, 4.69) is 9.80 Å². The molecule has 0 saturated heterocycles. The minimum Gasteiger partial charge on any atom is -0.285 e. The average molecular weight is 228 g/mol. The largest absolute Gasteiger partial charge is 0.293 e. The summed E-state index contributed by atoms with van der Waals surface area (Å²) in [5.74, 6) is 0. The normalized spacial score (nSPS) is 11.7. The van der Waals surface area contributed by atoms with Gasteiger partial charge in [-0.1, -0.05) is 0 Å². The van der Waals surface area contributed by atoms with Crippen molar-refractivity contribution in [1.29, 1.82) is 0 Å². The molecule has 84 valence electrons. The summed E-state index contributed by atoms with van der Waals surface area (Å²) in [5.41, 5.74) is 0.200. The third-order valence-electron chi connectivity index (χ3n) is 1.91. The van der Waals surface area contributed by atoms with E-state index in [0.717, 1.165) is 9.76 Å². The van der Waals surface area contributed by atoms with E-state index in [1.807, 2.05) is 40.3 Å². The molecule has 0 spiro atoms. The number of hydrogen-bond donors (Lipinski definition) is 1. The van der Waals surface area contributed by atoms with Crippen LogP contribution >= 0.6 is 11.8 Å². The first-order chi connectivity index (χ1) is 7.02. The summed E-state index contributed by atoms with van der Waals surface area (Å²) in [6.07, 6.45) is 1.63. The fourth-order valence-electron chi connectivity index (χ4n) is 1.29. The van der Waals surface area contributed by atoms with Crippen LogP contribution in [0.15, 0.2) is 29.4 Å². The SMILES string of the molecule is CN(C)C(Sc1cccc[n+]1O)N(C)C. The Morgan fingerprint density at radius 3 is 2.27 bits per heavy atom. The van der Waals surface area contributed by atoms with Crippen molar-refractivity contribution in [2.24, 2.45) is 0 Å². The van der Waals surface area contributed by atoms with Crippen LogP contribution in [0.4, 0.5) is 0 Å². The summed E-state index contributed by atoms with van der Waals surface area (Å²) in [6, 6.07) is 5.60.